The van der Waals surface area contributed by atoms with Crippen molar-refractivity contribution in [1.82, 2.24) is 10.6 Å². The number of hydrogen-bond donors (Lipinski definition) is 4. The first-order chi connectivity index (χ1) is 17.2. The Labute approximate surface area is 207 Å². The van der Waals surface area contributed by atoms with Crippen molar-refractivity contribution in [2.45, 2.75) is 25.8 Å². The van der Waals surface area contributed by atoms with Crippen LogP contribution in [0.1, 0.15) is 35.0 Å². The molecule has 2 aromatic carbocycles. The van der Waals surface area contributed by atoms with Crippen molar-refractivity contribution in [2.24, 2.45) is 0 Å². The van der Waals surface area contributed by atoms with Gasteiger partial charge in [-0.05, 0) is 42.3 Å². The van der Waals surface area contributed by atoms with E-state index in [-0.39, 0.29) is 42.5 Å². The highest BCUT2D eigenvalue weighted by Crippen LogP contribution is 2.37. The highest BCUT2D eigenvalue weighted by Gasteiger charge is 2.27. The van der Waals surface area contributed by atoms with E-state index < -0.39 is 28.9 Å². The van der Waals surface area contributed by atoms with Crippen molar-refractivity contribution in [3.8, 4) is 23.0 Å². The average molecular weight is 497 g/mol. The Morgan fingerprint density at radius 2 is 1.69 bits per heavy atom. The molecule has 3 rings (SSSR count). The molecule has 10 heteroatoms. The van der Waals surface area contributed by atoms with Gasteiger partial charge in [-0.2, -0.15) is 0 Å². The number of hydrogen-bond acceptors (Lipinski definition) is 8. The lowest BCUT2D eigenvalue weighted by molar-refractivity contribution is -0.126. The zero-order valence-electron chi connectivity index (χ0n) is 20.2. The molecule has 2 amide bonds. The van der Waals surface area contributed by atoms with Gasteiger partial charge < -0.3 is 34.7 Å². The summed E-state index contributed by atoms with van der Waals surface area (Å²) in [6, 6.07) is 12.7. The predicted molar refractivity (Wildman–Crippen MR) is 130 cm³/mol. The molecule has 0 fully saturated rings. The van der Waals surface area contributed by atoms with Gasteiger partial charge in [0, 0.05) is 19.0 Å². The molecule has 10 nitrogen and oxygen atoms in total. The van der Waals surface area contributed by atoms with Gasteiger partial charge in [0.15, 0.2) is 17.3 Å². The normalized spacial score (nSPS) is 11.4. The number of amides is 2. The van der Waals surface area contributed by atoms with E-state index in [0.29, 0.717) is 11.3 Å². The molecular formula is C26H28N2O8. The van der Waals surface area contributed by atoms with Gasteiger partial charge in [-0.25, -0.2) is 0 Å². The minimum absolute atomic E-state index is 0.105. The first-order valence-corrected chi connectivity index (χ1v) is 11.1. The smallest absolute Gasteiger partial charge is 0.239 e. The van der Waals surface area contributed by atoms with Crippen LogP contribution in [0.25, 0.3) is 0 Å². The Morgan fingerprint density at radius 1 is 0.972 bits per heavy atom. The van der Waals surface area contributed by atoms with Crippen LogP contribution in [0.5, 0.6) is 23.0 Å². The summed E-state index contributed by atoms with van der Waals surface area (Å²) >= 11 is 0. The van der Waals surface area contributed by atoms with Crippen LogP contribution in [-0.4, -0.2) is 42.8 Å². The van der Waals surface area contributed by atoms with E-state index >= 15 is 0 Å². The summed E-state index contributed by atoms with van der Waals surface area (Å²) in [6.07, 6.45) is -0.250. The molecule has 3 aromatic rings. The Kier molecular flexibility index (Phi) is 8.56. The van der Waals surface area contributed by atoms with Gasteiger partial charge in [0.2, 0.25) is 23.0 Å². The van der Waals surface area contributed by atoms with E-state index in [9.17, 15) is 24.6 Å². The van der Waals surface area contributed by atoms with Gasteiger partial charge in [0.1, 0.15) is 11.5 Å². The fourth-order valence-electron chi connectivity index (χ4n) is 3.58. The molecule has 0 unspecified atom stereocenters. The van der Waals surface area contributed by atoms with Gasteiger partial charge >= 0.3 is 0 Å². The zero-order valence-corrected chi connectivity index (χ0v) is 20.2. The Bertz CT molecular complexity index is 1280. The minimum Gasteiger partial charge on any atom is -0.504 e. The Balaban J connectivity index is 1.71. The zero-order chi connectivity index (χ0) is 26.2. The third kappa shape index (κ3) is 6.56. The Morgan fingerprint density at radius 3 is 2.36 bits per heavy atom. The second kappa shape index (κ2) is 11.8. The number of methoxy groups -OCH3 is 2. The van der Waals surface area contributed by atoms with Gasteiger partial charge in [-0.3, -0.25) is 14.4 Å². The number of carbonyl (C=O) groups is 2. The SMILES string of the molecule is COc1ccc(CNC(=O)CNC(=O)C[C@@H](c2ccc(O)c(OC)c2)c2oc(C)cc(=O)c2O)cc1. The number of rotatable bonds is 10. The Hall–Kier alpha value is -4.47. The van der Waals surface area contributed by atoms with Crippen molar-refractivity contribution < 1.29 is 33.7 Å². The lowest BCUT2D eigenvalue weighted by Gasteiger charge is -2.19. The van der Waals surface area contributed by atoms with Crippen molar-refractivity contribution in [1.29, 1.82) is 0 Å². The molecule has 0 saturated heterocycles. The van der Waals surface area contributed by atoms with Crippen LogP contribution in [0.15, 0.2) is 57.7 Å². The maximum atomic E-state index is 12.8. The summed E-state index contributed by atoms with van der Waals surface area (Å²) < 4.78 is 15.9. The lowest BCUT2D eigenvalue weighted by Crippen LogP contribution is -2.37. The average Bonchev–Trinajstić information content (AvgIpc) is 2.87. The number of ether oxygens (including phenoxy) is 2. The molecule has 0 aliphatic heterocycles. The van der Waals surface area contributed by atoms with Gasteiger partial charge in [0.25, 0.3) is 0 Å². The van der Waals surface area contributed by atoms with Crippen LogP contribution in [0.2, 0.25) is 0 Å². The molecule has 0 bridgehead atoms. The van der Waals surface area contributed by atoms with Crippen LogP contribution >= 0.6 is 0 Å². The van der Waals surface area contributed by atoms with E-state index in [1.165, 1.54) is 25.3 Å². The third-order valence-corrected chi connectivity index (χ3v) is 5.48. The number of benzene rings is 2. The van der Waals surface area contributed by atoms with Gasteiger partial charge in [0.05, 0.1) is 26.7 Å². The topological polar surface area (TPSA) is 147 Å². The summed E-state index contributed by atoms with van der Waals surface area (Å²) in [4.78, 5) is 37.2. The molecule has 1 heterocycles. The van der Waals surface area contributed by atoms with Gasteiger partial charge in [-0.15, -0.1) is 0 Å². The molecular weight excluding hydrogens is 468 g/mol. The second-order valence-electron chi connectivity index (χ2n) is 8.02. The van der Waals surface area contributed by atoms with Crippen LogP contribution < -0.4 is 25.5 Å². The first kappa shape index (κ1) is 26.1. The minimum atomic E-state index is -0.894. The summed E-state index contributed by atoms with van der Waals surface area (Å²) in [5.74, 6) is -1.56. The fourth-order valence-corrected chi connectivity index (χ4v) is 3.58. The van der Waals surface area contributed by atoms with Crippen LogP contribution in [0, 0.1) is 6.92 Å². The van der Waals surface area contributed by atoms with Gasteiger partial charge in [-0.1, -0.05) is 18.2 Å². The second-order valence-corrected chi connectivity index (χ2v) is 8.02. The molecule has 1 atom stereocenters. The molecule has 36 heavy (non-hydrogen) atoms. The molecule has 0 saturated carbocycles. The number of aryl methyl sites for hydroxylation is 1. The predicted octanol–water partition coefficient (Wildman–Crippen LogP) is 2.33. The maximum absolute atomic E-state index is 12.8. The highest BCUT2D eigenvalue weighted by molar-refractivity contribution is 5.85. The van der Waals surface area contributed by atoms with Crippen molar-refractivity contribution in [2.75, 3.05) is 20.8 Å². The lowest BCUT2D eigenvalue weighted by atomic mass is 9.91. The summed E-state index contributed by atoms with van der Waals surface area (Å²) in [5.41, 5.74) is 0.664. The summed E-state index contributed by atoms with van der Waals surface area (Å²) in [6.45, 7) is 1.55. The summed E-state index contributed by atoms with van der Waals surface area (Å²) in [7, 11) is 2.94. The summed E-state index contributed by atoms with van der Waals surface area (Å²) in [5, 5.41) is 25.6. The van der Waals surface area contributed by atoms with E-state index in [1.807, 2.05) is 12.1 Å². The molecule has 4 N–H and O–H groups in total. The molecule has 0 radical (unpaired) electrons. The van der Waals surface area contributed by atoms with Crippen LogP contribution in [0.3, 0.4) is 0 Å². The van der Waals surface area contributed by atoms with E-state index in [1.54, 1.807) is 26.2 Å². The quantitative estimate of drug-likeness (QED) is 0.334. The monoisotopic (exact) mass is 496 g/mol. The van der Waals surface area contributed by atoms with E-state index in [2.05, 4.69) is 10.6 Å². The number of phenolic OH excluding ortho intramolecular Hbond substituents is 1. The third-order valence-electron chi connectivity index (χ3n) is 5.48. The standard InChI is InChI=1S/C26H28N2O8/c1-15-10-21(30)25(33)26(36-15)19(17-6-9-20(29)22(11-17)35-3)12-23(31)28-14-24(32)27-13-16-4-7-18(34-2)8-5-16/h4-11,19,29,33H,12-14H2,1-3H3,(H,27,32)(H,28,31)/t19-/m0/s1. The molecule has 190 valence electrons. The molecule has 0 aliphatic carbocycles. The molecule has 1 aromatic heterocycles. The number of phenols is 1. The molecule has 0 aliphatic rings. The first-order valence-electron chi connectivity index (χ1n) is 11.1. The number of nitrogens with one attached hydrogen (secondary N) is 2. The van der Waals surface area contributed by atoms with E-state index in [4.69, 9.17) is 13.9 Å². The number of aromatic hydroxyl groups is 2. The number of carbonyl (C=O) groups excluding carboxylic acids is 2. The van der Waals surface area contributed by atoms with Crippen molar-refractivity contribution in [3.05, 3.63) is 81.4 Å². The van der Waals surface area contributed by atoms with Crippen molar-refractivity contribution >= 4 is 11.8 Å². The molecule has 0 spiro atoms. The fraction of sp³-hybridized carbons (Fsp3) is 0.269. The van der Waals surface area contributed by atoms with Crippen LogP contribution in [-0.2, 0) is 16.1 Å². The van der Waals surface area contributed by atoms with Crippen LogP contribution in [0.4, 0.5) is 0 Å². The van der Waals surface area contributed by atoms with Crippen molar-refractivity contribution in [3.63, 3.8) is 0 Å². The van der Waals surface area contributed by atoms with E-state index in [0.717, 1.165) is 11.6 Å². The largest absolute Gasteiger partial charge is 0.504 e. The highest BCUT2D eigenvalue weighted by atomic mass is 16.5. The maximum Gasteiger partial charge on any atom is 0.239 e.